The van der Waals surface area contributed by atoms with Crippen LogP contribution in [0, 0.1) is 5.92 Å². The molecule has 1 aliphatic rings. The third kappa shape index (κ3) is 3.76. The van der Waals surface area contributed by atoms with Gasteiger partial charge < -0.3 is 10.1 Å². The Hall–Kier alpha value is -0.550. The fraction of sp³-hybridized carbons (Fsp3) is 0.533. The van der Waals surface area contributed by atoms with Gasteiger partial charge >= 0.3 is 0 Å². The maximum absolute atomic E-state index is 11.5. The molecule has 1 amide bonds. The minimum Gasteiger partial charge on any atom is -0.496 e. The largest absolute Gasteiger partial charge is 0.496 e. The van der Waals surface area contributed by atoms with Gasteiger partial charge in [0.25, 0.3) is 0 Å². The molecule has 2 atom stereocenters. The third-order valence-corrected chi connectivity index (χ3v) is 4.94. The topological polar surface area (TPSA) is 38.3 Å². The van der Waals surface area contributed by atoms with E-state index in [9.17, 15) is 4.79 Å². The summed E-state index contributed by atoms with van der Waals surface area (Å²) < 4.78 is 7.39. The van der Waals surface area contributed by atoms with Gasteiger partial charge in [-0.1, -0.05) is 22.9 Å². The fourth-order valence-electron chi connectivity index (χ4n) is 2.40. The van der Waals surface area contributed by atoms with Gasteiger partial charge in [0.2, 0.25) is 5.91 Å². The van der Waals surface area contributed by atoms with E-state index in [0.29, 0.717) is 18.3 Å². The highest BCUT2D eigenvalue weighted by molar-refractivity contribution is 9.11. The molecule has 1 aromatic carbocycles. The first-order valence-electron chi connectivity index (χ1n) is 6.86. The molecule has 0 heterocycles. The van der Waals surface area contributed by atoms with Crippen molar-refractivity contribution in [3.63, 3.8) is 0 Å². The molecule has 1 aromatic rings. The molecule has 5 heteroatoms. The fourth-order valence-corrected chi connectivity index (χ4v) is 3.85. The summed E-state index contributed by atoms with van der Waals surface area (Å²) in [6.45, 7) is 2.79. The lowest BCUT2D eigenvalue weighted by Crippen LogP contribution is -2.25. The molecule has 0 radical (unpaired) electrons. The quantitative estimate of drug-likeness (QED) is 0.769. The van der Waals surface area contributed by atoms with Crippen LogP contribution in [0.2, 0.25) is 0 Å². The summed E-state index contributed by atoms with van der Waals surface area (Å²) in [7, 11) is 1.67. The van der Waals surface area contributed by atoms with Crippen molar-refractivity contribution in [2.75, 3.05) is 13.7 Å². The van der Waals surface area contributed by atoms with E-state index in [1.54, 1.807) is 7.11 Å². The van der Waals surface area contributed by atoms with E-state index in [2.05, 4.69) is 43.2 Å². The van der Waals surface area contributed by atoms with Gasteiger partial charge in [0.05, 0.1) is 11.6 Å². The Labute approximate surface area is 136 Å². The van der Waals surface area contributed by atoms with E-state index in [1.807, 2.05) is 13.0 Å². The van der Waals surface area contributed by atoms with Crippen LogP contribution in [0.15, 0.2) is 21.1 Å². The van der Waals surface area contributed by atoms with Crippen LogP contribution in [-0.2, 0) is 4.79 Å². The highest BCUT2D eigenvalue weighted by atomic mass is 79.9. The van der Waals surface area contributed by atoms with Gasteiger partial charge in [-0.05, 0) is 58.3 Å². The Bertz CT molecular complexity index is 505. The van der Waals surface area contributed by atoms with Crippen molar-refractivity contribution in [2.45, 2.75) is 32.1 Å². The van der Waals surface area contributed by atoms with Gasteiger partial charge in [-0.15, -0.1) is 0 Å². The first-order valence-corrected chi connectivity index (χ1v) is 8.45. The van der Waals surface area contributed by atoms with Crippen LogP contribution in [0.1, 0.15) is 37.7 Å². The Morgan fingerprint density at radius 1 is 1.40 bits per heavy atom. The molecular formula is C15H19Br2NO2. The SMILES string of the molecule is CCCC(=O)NCC1CC1c1cc(OC)c(Br)cc1Br. The number of carbonyl (C=O) groups is 1. The van der Waals surface area contributed by atoms with Crippen molar-refractivity contribution in [2.24, 2.45) is 5.92 Å². The number of amides is 1. The van der Waals surface area contributed by atoms with Crippen LogP contribution in [0.3, 0.4) is 0 Å². The summed E-state index contributed by atoms with van der Waals surface area (Å²) in [4.78, 5) is 11.5. The van der Waals surface area contributed by atoms with E-state index in [4.69, 9.17) is 4.74 Å². The van der Waals surface area contributed by atoms with Gasteiger partial charge in [0.15, 0.2) is 0 Å². The first kappa shape index (κ1) is 15.8. The number of ether oxygens (including phenoxy) is 1. The van der Waals surface area contributed by atoms with Crippen LogP contribution in [0.4, 0.5) is 0 Å². The van der Waals surface area contributed by atoms with E-state index < -0.39 is 0 Å². The lowest BCUT2D eigenvalue weighted by Gasteiger charge is -2.10. The molecule has 1 fully saturated rings. The van der Waals surface area contributed by atoms with E-state index in [1.165, 1.54) is 5.56 Å². The normalized spacial score (nSPS) is 20.6. The maximum Gasteiger partial charge on any atom is 0.219 e. The molecule has 0 saturated heterocycles. The number of methoxy groups -OCH3 is 1. The third-order valence-electron chi connectivity index (χ3n) is 3.63. The van der Waals surface area contributed by atoms with Crippen LogP contribution in [0.25, 0.3) is 0 Å². The van der Waals surface area contributed by atoms with Gasteiger partial charge in [0.1, 0.15) is 5.75 Å². The molecule has 1 saturated carbocycles. The monoisotopic (exact) mass is 403 g/mol. The van der Waals surface area contributed by atoms with Crippen LogP contribution >= 0.6 is 31.9 Å². The molecule has 2 unspecified atom stereocenters. The maximum atomic E-state index is 11.5. The van der Waals surface area contributed by atoms with Gasteiger partial charge in [0, 0.05) is 17.4 Å². The molecule has 110 valence electrons. The van der Waals surface area contributed by atoms with Crippen LogP contribution < -0.4 is 10.1 Å². The van der Waals surface area contributed by atoms with Crippen LogP contribution in [0.5, 0.6) is 5.75 Å². The summed E-state index contributed by atoms with van der Waals surface area (Å²) in [5, 5.41) is 3.01. The number of carbonyl (C=O) groups excluding carboxylic acids is 1. The second-order valence-corrected chi connectivity index (χ2v) is 6.87. The average molecular weight is 405 g/mol. The predicted octanol–water partition coefficient (Wildman–Crippen LogP) is 4.24. The van der Waals surface area contributed by atoms with Crippen molar-refractivity contribution in [1.82, 2.24) is 5.32 Å². The average Bonchev–Trinajstić information content (AvgIpc) is 3.16. The predicted molar refractivity (Wildman–Crippen MR) is 87.2 cm³/mol. The Balaban J connectivity index is 1.96. The van der Waals surface area contributed by atoms with Gasteiger partial charge in [-0.25, -0.2) is 0 Å². The highest BCUT2D eigenvalue weighted by Gasteiger charge is 2.39. The van der Waals surface area contributed by atoms with Crippen molar-refractivity contribution in [1.29, 1.82) is 0 Å². The zero-order valence-electron chi connectivity index (χ0n) is 11.7. The number of benzene rings is 1. The summed E-state index contributed by atoms with van der Waals surface area (Å²) in [6.07, 6.45) is 2.64. The smallest absolute Gasteiger partial charge is 0.219 e. The number of nitrogens with one attached hydrogen (secondary N) is 1. The Kier molecular flexibility index (Phi) is 5.49. The van der Waals surface area contributed by atoms with E-state index >= 15 is 0 Å². The molecule has 3 nitrogen and oxygen atoms in total. The summed E-state index contributed by atoms with van der Waals surface area (Å²) in [5.41, 5.74) is 1.26. The first-order chi connectivity index (χ1) is 9.56. The molecule has 1 aliphatic carbocycles. The van der Waals surface area contributed by atoms with Crippen molar-refractivity contribution in [3.8, 4) is 5.75 Å². The molecule has 0 aromatic heterocycles. The lowest BCUT2D eigenvalue weighted by atomic mass is 10.1. The van der Waals surface area contributed by atoms with E-state index in [0.717, 1.165) is 34.1 Å². The minimum absolute atomic E-state index is 0.158. The summed E-state index contributed by atoms with van der Waals surface area (Å²) >= 11 is 7.09. The number of hydrogen-bond acceptors (Lipinski definition) is 2. The second kappa shape index (κ2) is 6.94. The highest BCUT2D eigenvalue weighted by Crippen LogP contribution is 2.50. The molecule has 20 heavy (non-hydrogen) atoms. The molecule has 0 spiro atoms. The molecule has 0 bridgehead atoms. The Morgan fingerprint density at radius 3 is 2.80 bits per heavy atom. The zero-order chi connectivity index (χ0) is 14.7. The molecule has 2 rings (SSSR count). The molecular weight excluding hydrogens is 386 g/mol. The van der Waals surface area contributed by atoms with E-state index in [-0.39, 0.29) is 5.91 Å². The lowest BCUT2D eigenvalue weighted by molar-refractivity contribution is -0.121. The number of rotatable bonds is 6. The van der Waals surface area contributed by atoms with Crippen molar-refractivity contribution in [3.05, 3.63) is 26.6 Å². The summed E-state index contributed by atoms with van der Waals surface area (Å²) in [6, 6.07) is 4.10. The van der Waals surface area contributed by atoms with Gasteiger partial charge in [-0.2, -0.15) is 0 Å². The second-order valence-electron chi connectivity index (χ2n) is 5.16. The van der Waals surface area contributed by atoms with Crippen molar-refractivity contribution < 1.29 is 9.53 Å². The minimum atomic E-state index is 0.158. The van der Waals surface area contributed by atoms with Crippen molar-refractivity contribution >= 4 is 37.8 Å². The molecule has 1 N–H and O–H groups in total. The number of halogens is 2. The Morgan fingerprint density at radius 2 is 2.15 bits per heavy atom. The zero-order valence-corrected chi connectivity index (χ0v) is 14.9. The number of hydrogen-bond donors (Lipinski definition) is 1. The standard InChI is InChI=1S/C15H19Br2NO2/c1-3-4-15(19)18-8-9-5-10(9)11-6-14(20-2)13(17)7-12(11)16/h6-7,9-10H,3-5,8H2,1-2H3,(H,18,19). The van der Waals surface area contributed by atoms with Crippen LogP contribution in [-0.4, -0.2) is 19.6 Å². The molecule has 0 aliphatic heterocycles. The summed E-state index contributed by atoms with van der Waals surface area (Å²) in [5.74, 6) is 2.06. The van der Waals surface area contributed by atoms with Gasteiger partial charge in [-0.3, -0.25) is 4.79 Å².